The molecule has 0 aromatic heterocycles. The molecular weight excluding hydrogens is 318 g/mol. The van der Waals surface area contributed by atoms with Crippen LogP contribution in [-0.4, -0.2) is 30.4 Å². The topological polar surface area (TPSA) is 29.5 Å². The van der Waals surface area contributed by atoms with Gasteiger partial charge in [-0.25, -0.2) is 0 Å². The van der Waals surface area contributed by atoms with Gasteiger partial charge in [0.05, 0.1) is 6.61 Å². The summed E-state index contributed by atoms with van der Waals surface area (Å²) in [7, 11) is 0. The molecule has 0 bridgehead atoms. The summed E-state index contributed by atoms with van der Waals surface area (Å²) in [5, 5.41) is 0. The Morgan fingerprint density at radius 1 is 1.50 bits per heavy atom. The number of hydrogen-bond donors (Lipinski definition) is 0. The van der Waals surface area contributed by atoms with E-state index in [-0.39, 0.29) is 5.92 Å². The number of piperidine rings is 1. The van der Waals surface area contributed by atoms with Gasteiger partial charge in [0.15, 0.2) is 0 Å². The van der Waals surface area contributed by atoms with Gasteiger partial charge in [0.25, 0.3) is 0 Å². The van der Waals surface area contributed by atoms with Crippen molar-refractivity contribution in [1.82, 2.24) is 4.90 Å². The van der Waals surface area contributed by atoms with Crippen molar-refractivity contribution in [2.45, 2.75) is 32.7 Å². The van der Waals surface area contributed by atoms with Crippen LogP contribution in [0.1, 0.15) is 30.9 Å². The quantitative estimate of drug-likeness (QED) is 0.848. The number of Topliss-reactive ketones (excluding diaryl/α,β-unsaturated/α-hetero) is 1. The molecule has 3 nitrogen and oxygen atoms in total. The highest BCUT2D eigenvalue weighted by molar-refractivity contribution is 9.10. The van der Waals surface area contributed by atoms with Gasteiger partial charge in [0, 0.05) is 35.5 Å². The van der Waals surface area contributed by atoms with Crippen molar-refractivity contribution >= 4 is 21.7 Å². The van der Waals surface area contributed by atoms with Crippen LogP contribution in [-0.2, 0) is 17.8 Å². The number of fused-ring (bicyclic) bond motifs is 1. The Kier molecular flexibility index (Phi) is 4.13. The number of rotatable bonds is 3. The zero-order valence-corrected chi connectivity index (χ0v) is 13.4. The van der Waals surface area contributed by atoms with E-state index in [0.29, 0.717) is 5.78 Å². The lowest BCUT2D eigenvalue weighted by atomic mass is 9.94. The van der Waals surface area contributed by atoms with Crippen LogP contribution in [0.4, 0.5) is 0 Å². The van der Waals surface area contributed by atoms with Gasteiger partial charge < -0.3 is 4.74 Å². The van der Waals surface area contributed by atoms with Gasteiger partial charge in [-0.05, 0) is 44.0 Å². The van der Waals surface area contributed by atoms with Gasteiger partial charge in [-0.1, -0.05) is 15.9 Å². The SMILES string of the molecule is CC(=O)C1CCCN(Cc2cc(Br)cc3c2OCC3)C1. The summed E-state index contributed by atoms with van der Waals surface area (Å²) in [4.78, 5) is 14.0. The van der Waals surface area contributed by atoms with Crippen LogP contribution in [0.5, 0.6) is 5.75 Å². The first-order valence-electron chi connectivity index (χ1n) is 7.30. The molecule has 2 heterocycles. The Balaban J connectivity index is 1.76. The highest BCUT2D eigenvalue weighted by Crippen LogP contribution is 2.34. The first-order chi connectivity index (χ1) is 9.63. The number of nitrogens with zero attached hydrogens (tertiary/aromatic N) is 1. The van der Waals surface area contributed by atoms with E-state index >= 15 is 0 Å². The van der Waals surface area contributed by atoms with E-state index in [4.69, 9.17) is 4.74 Å². The maximum atomic E-state index is 11.6. The van der Waals surface area contributed by atoms with Gasteiger partial charge in [0.2, 0.25) is 0 Å². The molecule has 108 valence electrons. The average Bonchev–Trinajstić information content (AvgIpc) is 2.87. The number of ketones is 1. The van der Waals surface area contributed by atoms with E-state index in [0.717, 1.165) is 55.7 Å². The number of carbonyl (C=O) groups excluding carboxylic acids is 1. The number of hydrogen-bond acceptors (Lipinski definition) is 3. The molecule has 20 heavy (non-hydrogen) atoms. The summed E-state index contributed by atoms with van der Waals surface area (Å²) >= 11 is 3.59. The fraction of sp³-hybridized carbons (Fsp3) is 0.562. The highest BCUT2D eigenvalue weighted by Gasteiger charge is 2.25. The van der Waals surface area contributed by atoms with Crippen LogP contribution in [0.25, 0.3) is 0 Å². The molecule has 1 aromatic rings. The third-order valence-electron chi connectivity index (χ3n) is 4.30. The van der Waals surface area contributed by atoms with E-state index in [1.807, 2.05) is 0 Å². The van der Waals surface area contributed by atoms with Crippen molar-refractivity contribution in [3.8, 4) is 5.75 Å². The predicted octanol–water partition coefficient (Wildman–Crippen LogP) is 3.19. The maximum Gasteiger partial charge on any atom is 0.134 e. The molecule has 1 aromatic carbocycles. The number of likely N-dealkylation sites (tertiary alicyclic amines) is 1. The number of benzene rings is 1. The molecule has 2 aliphatic heterocycles. The lowest BCUT2D eigenvalue weighted by Gasteiger charge is -2.31. The molecule has 3 rings (SSSR count). The molecule has 0 spiro atoms. The molecule has 0 amide bonds. The molecule has 1 atom stereocenters. The second-order valence-corrected chi connectivity index (χ2v) is 6.75. The molecule has 0 N–H and O–H groups in total. The average molecular weight is 338 g/mol. The lowest BCUT2D eigenvalue weighted by molar-refractivity contribution is -0.122. The van der Waals surface area contributed by atoms with Gasteiger partial charge in [-0.15, -0.1) is 0 Å². The van der Waals surface area contributed by atoms with Crippen LogP contribution >= 0.6 is 15.9 Å². The first kappa shape index (κ1) is 14.1. The molecule has 0 saturated carbocycles. The van der Waals surface area contributed by atoms with Crippen LogP contribution in [0.15, 0.2) is 16.6 Å². The summed E-state index contributed by atoms with van der Waals surface area (Å²) in [6.45, 7) is 5.34. The van der Waals surface area contributed by atoms with Crippen molar-refractivity contribution in [2.24, 2.45) is 5.92 Å². The Morgan fingerprint density at radius 3 is 3.15 bits per heavy atom. The van der Waals surface area contributed by atoms with Crippen LogP contribution in [0, 0.1) is 5.92 Å². The van der Waals surface area contributed by atoms with E-state index in [1.165, 1.54) is 11.1 Å². The maximum absolute atomic E-state index is 11.6. The lowest BCUT2D eigenvalue weighted by Crippen LogP contribution is -2.37. The minimum atomic E-state index is 0.213. The Bertz CT molecular complexity index is 529. The van der Waals surface area contributed by atoms with Gasteiger partial charge >= 0.3 is 0 Å². The molecule has 0 aliphatic carbocycles. The van der Waals surface area contributed by atoms with Crippen LogP contribution in [0.2, 0.25) is 0 Å². The normalized spacial score (nSPS) is 22.4. The van der Waals surface area contributed by atoms with E-state index < -0.39 is 0 Å². The molecule has 1 saturated heterocycles. The van der Waals surface area contributed by atoms with Gasteiger partial charge in [0.1, 0.15) is 11.5 Å². The molecule has 1 unspecified atom stereocenters. The zero-order chi connectivity index (χ0) is 14.1. The molecule has 4 heteroatoms. The molecule has 2 aliphatic rings. The second kappa shape index (κ2) is 5.86. The number of halogens is 1. The molecule has 1 fully saturated rings. The predicted molar refractivity (Wildman–Crippen MR) is 82.0 cm³/mol. The second-order valence-electron chi connectivity index (χ2n) is 5.84. The zero-order valence-electron chi connectivity index (χ0n) is 11.8. The highest BCUT2D eigenvalue weighted by atomic mass is 79.9. The fourth-order valence-electron chi connectivity index (χ4n) is 3.24. The van der Waals surface area contributed by atoms with Crippen LogP contribution in [0.3, 0.4) is 0 Å². The Morgan fingerprint density at radius 2 is 2.35 bits per heavy atom. The van der Waals surface area contributed by atoms with Crippen LogP contribution < -0.4 is 4.74 Å². The summed E-state index contributed by atoms with van der Waals surface area (Å²) in [6.07, 6.45) is 3.15. The molecule has 0 radical (unpaired) electrons. The third kappa shape index (κ3) is 2.91. The monoisotopic (exact) mass is 337 g/mol. The summed E-state index contributed by atoms with van der Waals surface area (Å²) < 4.78 is 6.91. The summed E-state index contributed by atoms with van der Waals surface area (Å²) in [5.41, 5.74) is 2.55. The van der Waals surface area contributed by atoms with Gasteiger partial charge in [-0.3, -0.25) is 9.69 Å². The molecular formula is C16H20BrNO2. The Labute approximate surface area is 128 Å². The van der Waals surface area contributed by atoms with Crippen molar-refractivity contribution in [3.05, 3.63) is 27.7 Å². The summed E-state index contributed by atoms with van der Waals surface area (Å²) in [5.74, 6) is 1.61. The van der Waals surface area contributed by atoms with E-state index in [9.17, 15) is 4.79 Å². The minimum Gasteiger partial charge on any atom is -0.493 e. The minimum absolute atomic E-state index is 0.213. The van der Waals surface area contributed by atoms with Crippen molar-refractivity contribution < 1.29 is 9.53 Å². The smallest absolute Gasteiger partial charge is 0.134 e. The van der Waals surface area contributed by atoms with E-state index in [1.54, 1.807) is 6.92 Å². The van der Waals surface area contributed by atoms with Gasteiger partial charge in [-0.2, -0.15) is 0 Å². The third-order valence-corrected chi connectivity index (χ3v) is 4.76. The van der Waals surface area contributed by atoms with Crippen molar-refractivity contribution in [2.75, 3.05) is 19.7 Å². The number of ether oxygens (including phenoxy) is 1. The fourth-order valence-corrected chi connectivity index (χ4v) is 3.79. The first-order valence-corrected chi connectivity index (χ1v) is 8.09. The number of carbonyl (C=O) groups is 1. The standard InChI is InChI=1S/C16H20BrNO2/c1-11(19)13-3-2-5-18(9-13)10-14-8-15(17)7-12-4-6-20-16(12)14/h7-8,13H,2-6,9-10H2,1H3. The van der Waals surface area contributed by atoms with E-state index in [2.05, 4.69) is 33.0 Å². The van der Waals surface area contributed by atoms with Crippen molar-refractivity contribution in [1.29, 1.82) is 0 Å². The largest absolute Gasteiger partial charge is 0.493 e. The van der Waals surface area contributed by atoms with Crippen molar-refractivity contribution in [3.63, 3.8) is 0 Å². The summed E-state index contributed by atoms with van der Waals surface area (Å²) in [6, 6.07) is 4.31. The Hall–Kier alpha value is -0.870.